The second kappa shape index (κ2) is 4.01. The fourth-order valence-electron chi connectivity index (χ4n) is 2.15. The van der Waals surface area contributed by atoms with Crippen LogP contribution in [-0.4, -0.2) is 18.3 Å². The maximum Gasteiger partial charge on any atom is 0.496 e. The van der Waals surface area contributed by atoms with E-state index in [1.165, 1.54) is 0 Å². The Labute approximate surface area is 118 Å². The number of hydrogen-bond acceptors (Lipinski definition) is 3. The second-order valence-electron chi connectivity index (χ2n) is 5.92. The van der Waals surface area contributed by atoms with Gasteiger partial charge in [-0.2, -0.15) is 0 Å². The van der Waals surface area contributed by atoms with Gasteiger partial charge in [0, 0.05) is 15.9 Å². The van der Waals surface area contributed by atoms with Crippen molar-refractivity contribution in [3.63, 3.8) is 0 Å². The van der Waals surface area contributed by atoms with Crippen molar-refractivity contribution in [3.8, 4) is 0 Å². The third-order valence-electron chi connectivity index (χ3n) is 4.08. The first-order valence-corrected chi connectivity index (χ1v) is 6.70. The predicted molar refractivity (Wildman–Crippen MR) is 76.9 cm³/mol. The molecule has 1 aromatic carbocycles. The molecule has 1 fully saturated rings. The highest BCUT2D eigenvalue weighted by Gasteiger charge is 2.52. The van der Waals surface area contributed by atoms with Gasteiger partial charge in [0.1, 0.15) is 5.58 Å². The highest BCUT2D eigenvalue weighted by Crippen LogP contribution is 2.37. The molecule has 1 aliphatic rings. The monoisotopic (exact) mass is 278 g/mol. The quantitative estimate of drug-likeness (QED) is 0.749. The minimum atomic E-state index is -0.447. The Bertz CT molecular complexity index is 617. The lowest BCUT2D eigenvalue weighted by Crippen LogP contribution is -2.41. The van der Waals surface area contributed by atoms with Crippen LogP contribution in [0.2, 0.25) is 5.02 Å². The van der Waals surface area contributed by atoms with Crippen molar-refractivity contribution in [1.82, 2.24) is 0 Å². The zero-order chi connectivity index (χ0) is 13.8. The Hall–Kier alpha value is -0.965. The van der Waals surface area contributed by atoms with Gasteiger partial charge in [0.05, 0.1) is 17.5 Å². The standard InChI is InChI=1S/C14H16BClO3/c1-13(2)14(3,4)19-15(18-13)10-7-9-5-6-17-12(9)8-11(10)16/h5-8H,1-4H3. The third-order valence-corrected chi connectivity index (χ3v) is 4.41. The molecule has 1 saturated heterocycles. The molecule has 100 valence electrons. The third kappa shape index (κ3) is 1.99. The highest BCUT2D eigenvalue weighted by atomic mass is 35.5. The van der Waals surface area contributed by atoms with E-state index >= 15 is 0 Å². The van der Waals surface area contributed by atoms with Crippen LogP contribution in [0.25, 0.3) is 11.0 Å². The van der Waals surface area contributed by atoms with Gasteiger partial charge < -0.3 is 13.7 Å². The summed E-state index contributed by atoms with van der Waals surface area (Å²) in [5, 5.41) is 1.59. The minimum Gasteiger partial charge on any atom is -0.464 e. The molecular formula is C14H16BClO3. The molecular weight excluding hydrogens is 262 g/mol. The van der Waals surface area contributed by atoms with Gasteiger partial charge in [0.2, 0.25) is 0 Å². The smallest absolute Gasteiger partial charge is 0.464 e. The summed E-state index contributed by atoms with van der Waals surface area (Å²) in [6, 6.07) is 5.67. The number of benzene rings is 1. The summed E-state index contributed by atoms with van der Waals surface area (Å²) in [5.41, 5.74) is 0.873. The van der Waals surface area contributed by atoms with E-state index in [1.807, 2.05) is 39.8 Å². The Morgan fingerprint density at radius 2 is 1.68 bits per heavy atom. The molecule has 0 bridgehead atoms. The molecule has 2 aromatic rings. The average Bonchev–Trinajstić information content (AvgIpc) is 2.80. The van der Waals surface area contributed by atoms with E-state index in [-0.39, 0.29) is 11.2 Å². The van der Waals surface area contributed by atoms with E-state index in [4.69, 9.17) is 25.3 Å². The van der Waals surface area contributed by atoms with Crippen LogP contribution in [0.4, 0.5) is 0 Å². The molecule has 0 aliphatic carbocycles. The van der Waals surface area contributed by atoms with E-state index < -0.39 is 7.12 Å². The van der Waals surface area contributed by atoms with Gasteiger partial charge in [-0.25, -0.2) is 0 Å². The van der Waals surface area contributed by atoms with E-state index in [2.05, 4.69) is 0 Å². The van der Waals surface area contributed by atoms with Crippen LogP contribution in [-0.2, 0) is 9.31 Å². The average molecular weight is 279 g/mol. The van der Waals surface area contributed by atoms with Gasteiger partial charge in [-0.1, -0.05) is 11.6 Å². The number of furan rings is 1. The summed E-state index contributed by atoms with van der Waals surface area (Å²) in [7, 11) is -0.447. The largest absolute Gasteiger partial charge is 0.496 e. The number of rotatable bonds is 1. The van der Waals surface area contributed by atoms with Crippen molar-refractivity contribution < 1.29 is 13.7 Å². The van der Waals surface area contributed by atoms with Gasteiger partial charge in [-0.3, -0.25) is 0 Å². The molecule has 0 amide bonds. The summed E-state index contributed by atoms with van der Waals surface area (Å²) < 4.78 is 17.4. The van der Waals surface area contributed by atoms with E-state index in [1.54, 1.807) is 12.3 Å². The summed E-state index contributed by atoms with van der Waals surface area (Å²) in [6.45, 7) is 8.10. The number of hydrogen-bond donors (Lipinski definition) is 0. The van der Waals surface area contributed by atoms with Gasteiger partial charge >= 0.3 is 7.12 Å². The van der Waals surface area contributed by atoms with Crippen LogP contribution in [0, 0.1) is 0 Å². The summed E-state index contributed by atoms with van der Waals surface area (Å²) in [5.74, 6) is 0. The van der Waals surface area contributed by atoms with Crippen LogP contribution < -0.4 is 5.46 Å². The summed E-state index contributed by atoms with van der Waals surface area (Å²) >= 11 is 6.31. The van der Waals surface area contributed by atoms with Crippen molar-refractivity contribution in [2.45, 2.75) is 38.9 Å². The lowest BCUT2D eigenvalue weighted by Gasteiger charge is -2.32. The molecule has 0 N–H and O–H groups in total. The first-order valence-electron chi connectivity index (χ1n) is 6.32. The van der Waals surface area contributed by atoms with Crippen LogP contribution in [0.3, 0.4) is 0 Å². The fourth-order valence-corrected chi connectivity index (χ4v) is 2.40. The lowest BCUT2D eigenvalue weighted by molar-refractivity contribution is 0.00578. The number of fused-ring (bicyclic) bond motifs is 1. The molecule has 2 heterocycles. The molecule has 0 radical (unpaired) electrons. The van der Waals surface area contributed by atoms with Crippen molar-refractivity contribution in [2.24, 2.45) is 0 Å². The van der Waals surface area contributed by atoms with Crippen molar-refractivity contribution >= 4 is 35.2 Å². The molecule has 3 rings (SSSR count). The zero-order valence-corrected chi connectivity index (χ0v) is 12.2. The van der Waals surface area contributed by atoms with Gasteiger partial charge in [-0.15, -0.1) is 0 Å². The molecule has 0 saturated carbocycles. The first kappa shape index (κ1) is 13.0. The maximum atomic E-state index is 6.31. The number of halogens is 1. The van der Waals surface area contributed by atoms with E-state index in [9.17, 15) is 0 Å². The Morgan fingerprint density at radius 1 is 1.05 bits per heavy atom. The van der Waals surface area contributed by atoms with Gasteiger partial charge in [0.15, 0.2) is 0 Å². The van der Waals surface area contributed by atoms with Crippen LogP contribution in [0.1, 0.15) is 27.7 Å². The topological polar surface area (TPSA) is 31.6 Å². The molecule has 1 aromatic heterocycles. The van der Waals surface area contributed by atoms with Gasteiger partial charge in [-0.05, 0) is 45.9 Å². The second-order valence-corrected chi connectivity index (χ2v) is 6.33. The van der Waals surface area contributed by atoms with Crippen LogP contribution in [0.5, 0.6) is 0 Å². The van der Waals surface area contributed by atoms with E-state index in [0.717, 1.165) is 16.4 Å². The maximum absolute atomic E-state index is 6.31. The predicted octanol–water partition coefficient (Wildman–Crippen LogP) is 3.39. The zero-order valence-electron chi connectivity index (χ0n) is 11.5. The Morgan fingerprint density at radius 3 is 2.32 bits per heavy atom. The molecule has 3 nitrogen and oxygen atoms in total. The molecule has 0 spiro atoms. The fraction of sp³-hybridized carbons (Fsp3) is 0.429. The summed E-state index contributed by atoms with van der Waals surface area (Å²) in [6.07, 6.45) is 1.65. The summed E-state index contributed by atoms with van der Waals surface area (Å²) in [4.78, 5) is 0. The van der Waals surface area contributed by atoms with E-state index in [0.29, 0.717) is 5.02 Å². The Kier molecular flexibility index (Phi) is 2.75. The highest BCUT2D eigenvalue weighted by molar-refractivity contribution is 6.66. The van der Waals surface area contributed by atoms with Crippen LogP contribution in [0.15, 0.2) is 28.9 Å². The SMILES string of the molecule is CC1(C)OB(c2cc3ccoc3cc2Cl)OC1(C)C. The van der Waals surface area contributed by atoms with Gasteiger partial charge in [0.25, 0.3) is 0 Å². The van der Waals surface area contributed by atoms with Crippen molar-refractivity contribution in [1.29, 1.82) is 0 Å². The molecule has 19 heavy (non-hydrogen) atoms. The molecule has 0 atom stereocenters. The molecule has 0 unspecified atom stereocenters. The molecule has 5 heteroatoms. The first-order chi connectivity index (χ1) is 8.80. The minimum absolute atomic E-state index is 0.369. The molecule has 1 aliphatic heterocycles. The Balaban J connectivity index is 2.04. The van der Waals surface area contributed by atoms with Crippen LogP contribution >= 0.6 is 11.6 Å². The van der Waals surface area contributed by atoms with Crippen molar-refractivity contribution in [3.05, 3.63) is 29.5 Å². The lowest BCUT2D eigenvalue weighted by atomic mass is 9.78. The normalized spacial score (nSPS) is 21.2. The van der Waals surface area contributed by atoms with Crippen molar-refractivity contribution in [2.75, 3.05) is 0 Å².